The third kappa shape index (κ3) is 2.86. The molecule has 1 N–H and O–H groups in total. The number of hydrogen-bond donors (Lipinski definition) is 1. The molecule has 1 aliphatic rings. The molecule has 1 aromatic rings. The zero-order valence-corrected chi connectivity index (χ0v) is 12.3. The number of amidine groups is 1. The first kappa shape index (κ1) is 12.6. The Labute approximate surface area is 117 Å². The van der Waals surface area contributed by atoms with Gasteiger partial charge in [0.05, 0.1) is 21.8 Å². The number of thioether (sulfide) groups is 1. The SMILES string of the molecule is CC1CSC(Nc2c(Cl)cc(Br)cc2Cl)=N1. The molecule has 1 atom stereocenters. The van der Waals surface area contributed by atoms with Gasteiger partial charge in [0.25, 0.3) is 0 Å². The van der Waals surface area contributed by atoms with Crippen LogP contribution in [0.15, 0.2) is 21.6 Å². The normalized spacial score (nSPS) is 19.8. The molecule has 2 rings (SSSR count). The highest BCUT2D eigenvalue weighted by atomic mass is 79.9. The number of nitrogens with zero attached hydrogens (tertiary/aromatic N) is 1. The number of nitrogens with one attached hydrogen (secondary N) is 1. The lowest BCUT2D eigenvalue weighted by Crippen LogP contribution is -2.06. The van der Waals surface area contributed by atoms with Crippen molar-refractivity contribution >= 4 is 61.7 Å². The van der Waals surface area contributed by atoms with Crippen molar-refractivity contribution in [3.05, 3.63) is 26.7 Å². The molecule has 0 radical (unpaired) electrons. The maximum absolute atomic E-state index is 6.11. The van der Waals surface area contributed by atoms with Crippen molar-refractivity contribution in [3.8, 4) is 0 Å². The molecule has 0 aliphatic carbocycles. The molecule has 86 valence electrons. The Kier molecular flexibility index (Phi) is 4.06. The monoisotopic (exact) mass is 338 g/mol. The fourth-order valence-electron chi connectivity index (χ4n) is 1.31. The Bertz CT molecular complexity index is 427. The fraction of sp³-hybridized carbons (Fsp3) is 0.300. The van der Waals surface area contributed by atoms with E-state index in [0.717, 1.165) is 15.4 Å². The third-order valence-corrected chi connectivity index (χ3v) is 4.22. The standard InChI is InChI=1S/C10H9BrCl2N2S/c1-5-4-16-10(14-5)15-9-7(12)2-6(11)3-8(9)13/h2-3,5H,4H2,1H3,(H,14,15). The van der Waals surface area contributed by atoms with Gasteiger partial charge in [-0.2, -0.15) is 0 Å². The van der Waals surface area contributed by atoms with Crippen molar-refractivity contribution in [3.63, 3.8) is 0 Å². The minimum atomic E-state index is 0.348. The summed E-state index contributed by atoms with van der Waals surface area (Å²) in [6, 6.07) is 3.96. The van der Waals surface area contributed by atoms with Crippen molar-refractivity contribution in [1.82, 2.24) is 0 Å². The second kappa shape index (κ2) is 5.17. The second-order valence-corrected chi connectivity index (χ2v) is 6.20. The lowest BCUT2D eigenvalue weighted by Gasteiger charge is -2.09. The average molecular weight is 340 g/mol. The predicted molar refractivity (Wildman–Crippen MR) is 77.1 cm³/mol. The number of aliphatic imine (C=N–C) groups is 1. The molecule has 1 aromatic carbocycles. The van der Waals surface area contributed by atoms with E-state index >= 15 is 0 Å². The van der Waals surface area contributed by atoms with Crippen LogP contribution in [0.1, 0.15) is 6.92 Å². The topological polar surface area (TPSA) is 24.4 Å². The summed E-state index contributed by atoms with van der Waals surface area (Å²) in [7, 11) is 0. The van der Waals surface area contributed by atoms with E-state index in [1.165, 1.54) is 0 Å². The van der Waals surface area contributed by atoms with Crippen LogP contribution in [0.3, 0.4) is 0 Å². The van der Waals surface area contributed by atoms with E-state index in [9.17, 15) is 0 Å². The Morgan fingerprint density at radius 2 is 2.06 bits per heavy atom. The van der Waals surface area contributed by atoms with E-state index in [0.29, 0.717) is 21.8 Å². The maximum Gasteiger partial charge on any atom is 0.161 e. The first-order valence-electron chi connectivity index (χ1n) is 4.68. The molecule has 1 aliphatic heterocycles. The molecule has 0 saturated heterocycles. The molecule has 0 saturated carbocycles. The van der Waals surface area contributed by atoms with Gasteiger partial charge >= 0.3 is 0 Å². The third-order valence-electron chi connectivity index (χ3n) is 2.04. The second-order valence-electron chi connectivity index (χ2n) is 3.46. The summed E-state index contributed by atoms with van der Waals surface area (Å²) < 4.78 is 0.863. The van der Waals surface area contributed by atoms with Crippen molar-refractivity contribution in [2.75, 3.05) is 11.1 Å². The Hall–Kier alpha value is 0.1000. The molecular formula is C10H9BrCl2N2S. The van der Waals surface area contributed by atoms with Gasteiger partial charge in [-0.1, -0.05) is 50.9 Å². The van der Waals surface area contributed by atoms with Crippen LogP contribution >= 0.6 is 50.9 Å². The Morgan fingerprint density at radius 1 is 1.44 bits per heavy atom. The van der Waals surface area contributed by atoms with E-state index in [-0.39, 0.29) is 0 Å². The maximum atomic E-state index is 6.11. The van der Waals surface area contributed by atoms with Crippen LogP contribution in [-0.2, 0) is 0 Å². The summed E-state index contributed by atoms with van der Waals surface area (Å²) in [6.07, 6.45) is 0. The molecule has 6 heteroatoms. The van der Waals surface area contributed by atoms with Crippen molar-refractivity contribution in [2.45, 2.75) is 13.0 Å². The van der Waals surface area contributed by atoms with Crippen LogP contribution < -0.4 is 5.32 Å². The van der Waals surface area contributed by atoms with Crippen molar-refractivity contribution < 1.29 is 0 Å². The van der Waals surface area contributed by atoms with Crippen LogP contribution in [0.2, 0.25) is 10.0 Å². The van der Waals surface area contributed by atoms with Crippen LogP contribution in [0.5, 0.6) is 0 Å². The molecular weight excluding hydrogens is 331 g/mol. The highest BCUT2D eigenvalue weighted by Crippen LogP contribution is 2.35. The minimum Gasteiger partial charge on any atom is -0.333 e. The number of rotatable bonds is 1. The van der Waals surface area contributed by atoms with Gasteiger partial charge in [-0.3, -0.25) is 4.99 Å². The molecule has 1 heterocycles. The minimum absolute atomic E-state index is 0.348. The fourth-order valence-corrected chi connectivity index (χ4v) is 3.52. The summed E-state index contributed by atoms with van der Waals surface area (Å²) in [5.41, 5.74) is 0.715. The van der Waals surface area contributed by atoms with Crippen LogP contribution in [0, 0.1) is 0 Å². The van der Waals surface area contributed by atoms with Gasteiger partial charge < -0.3 is 5.32 Å². The molecule has 0 bridgehead atoms. The first-order valence-corrected chi connectivity index (χ1v) is 7.22. The molecule has 16 heavy (non-hydrogen) atoms. The number of hydrogen-bond acceptors (Lipinski definition) is 3. The van der Waals surface area contributed by atoms with Gasteiger partial charge in [-0.05, 0) is 19.1 Å². The van der Waals surface area contributed by atoms with E-state index in [1.54, 1.807) is 23.9 Å². The van der Waals surface area contributed by atoms with Gasteiger partial charge in [0, 0.05) is 10.2 Å². The van der Waals surface area contributed by atoms with Crippen LogP contribution in [-0.4, -0.2) is 17.0 Å². The summed E-state index contributed by atoms with van der Waals surface area (Å²) in [5, 5.41) is 5.21. The number of benzene rings is 1. The summed E-state index contributed by atoms with van der Waals surface area (Å²) in [6.45, 7) is 2.08. The lowest BCUT2D eigenvalue weighted by atomic mass is 10.3. The summed E-state index contributed by atoms with van der Waals surface area (Å²) >= 11 is 17.2. The van der Waals surface area contributed by atoms with Crippen molar-refractivity contribution in [1.29, 1.82) is 0 Å². The Morgan fingerprint density at radius 3 is 2.56 bits per heavy atom. The smallest absolute Gasteiger partial charge is 0.161 e. The lowest BCUT2D eigenvalue weighted by molar-refractivity contribution is 0.865. The zero-order valence-electron chi connectivity index (χ0n) is 8.43. The predicted octanol–water partition coefficient (Wildman–Crippen LogP) is 4.66. The van der Waals surface area contributed by atoms with Gasteiger partial charge in [-0.15, -0.1) is 0 Å². The van der Waals surface area contributed by atoms with Gasteiger partial charge in [0.2, 0.25) is 0 Å². The van der Waals surface area contributed by atoms with Crippen molar-refractivity contribution in [2.24, 2.45) is 4.99 Å². The quantitative estimate of drug-likeness (QED) is 0.804. The van der Waals surface area contributed by atoms with Crippen LogP contribution in [0.4, 0.5) is 5.69 Å². The molecule has 1 unspecified atom stereocenters. The zero-order chi connectivity index (χ0) is 11.7. The Balaban J connectivity index is 2.25. The molecule has 0 fully saturated rings. The van der Waals surface area contributed by atoms with Gasteiger partial charge in [0.15, 0.2) is 5.17 Å². The van der Waals surface area contributed by atoms with Crippen LogP contribution in [0.25, 0.3) is 0 Å². The summed E-state index contributed by atoms with van der Waals surface area (Å²) in [4.78, 5) is 4.43. The molecule has 0 amide bonds. The van der Waals surface area contributed by atoms with E-state index in [4.69, 9.17) is 23.2 Å². The van der Waals surface area contributed by atoms with E-state index in [2.05, 4.69) is 33.2 Å². The van der Waals surface area contributed by atoms with Gasteiger partial charge in [0.1, 0.15) is 0 Å². The highest BCUT2D eigenvalue weighted by Gasteiger charge is 2.16. The van der Waals surface area contributed by atoms with E-state index in [1.807, 2.05) is 0 Å². The first-order chi connectivity index (χ1) is 7.56. The highest BCUT2D eigenvalue weighted by molar-refractivity contribution is 9.10. The average Bonchev–Trinajstić information content (AvgIpc) is 2.58. The molecule has 0 spiro atoms. The largest absolute Gasteiger partial charge is 0.333 e. The molecule has 0 aromatic heterocycles. The van der Waals surface area contributed by atoms with E-state index < -0.39 is 0 Å². The number of halogens is 3. The molecule has 2 nitrogen and oxygen atoms in total. The number of anilines is 1. The summed E-state index contributed by atoms with van der Waals surface area (Å²) in [5.74, 6) is 0.994. The van der Waals surface area contributed by atoms with Gasteiger partial charge in [-0.25, -0.2) is 0 Å².